The van der Waals surface area contributed by atoms with Gasteiger partial charge in [-0.05, 0) is 48.9 Å². The molecule has 0 radical (unpaired) electrons. The van der Waals surface area contributed by atoms with Gasteiger partial charge in [0.2, 0.25) is 0 Å². The summed E-state index contributed by atoms with van der Waals surface area (Å²) in [5, 5.41) is 0. The molecule has 0 bridgehead atoms. The summed E-state index contributed by atoms with van der Waals surface area (Å²) in [6.07, 6.45) is 4.60. The molecule has 1 nitrogen and oxygen atoms in total. The van der Waals surface area contributed by atoms with Crippen molar-refractivity contribution in [1.82, 2.24) is 0 Å². The van der Waals surface area contributed by atoms with Crippen molar-refractivity contribution in [3.63, 3.8) is 0 Å². The maximum absolute atomic E-state index is 13.2. The van der Waals surface area contributed by atoms with E-state index in [9.17, 15) is 4.39 Å². The average Bonchev–Trinajstić information content (AvgIpc) is 2.23. The minimum atomic E-state index is -0.145. The maximum atomic E-state index is 13.2. The van der Waals surface area contributed by atoms with Gasteiger partial charge in [-0.1, -0.05) is 18.9 Å². The van der Waals surface area contributed by atoms with Crippen LogP contribution in [0.3, 0.4) is 0 Å². The highest BCUT2D eigenvalue weighted by Crippen LogP contribution is 2.33. The Hall–Kier alpha value is -0.890. The monoisotopic (exact) mass is 207 g/mol. The summed E-state index contributed by atoms with van der Waals surface area (Å²) >= 11 is 0. The lowest BCUT2D eigenvalue weighted by atomic mass is 9.79. The average molecular weight is 207 g/mol. The second-order valence-electron chi connectivity index (χ2n) is 4.56. The molecule has 1 aromatic carbocycles. The van der Waals surface area contributed by atoms with Crippen LogP contribution in [0.4, 0.5) is 4.39 Å². The molecule has 2 N–H and O–H groups in total. The Labute approximate surface area is 90.5 Å². The van der Waals surface area contributed by atoms with Gasteiger partial charge in [0.25, 0.3) is 0 Å². The standard InChI is InChI=1S/C13H18FN/c1-9-6-7-10(14)8-12(9)11-4-2-3-5-13(11)15/h6-8,11,13H,2-5,15H2,1H3. The smallest absolute Gasteiger partial charge is 0.123 e. The van der Waals surface area contributed by atoms with Gasteiger partial charge < -0.3 is 5.73 Å². The molecular formula is C13H18FN. The first-order valence-corrected chi connectivity index (χ1v) is 5.70. The number of hydrogen-bond donors (Lipinski definition) is 1. The van der Waals surface area contributed by atoms with E-state index < -0.39 is 0 Å². The van der Waals surface area contributed by atoms with Crippen molar-refractivity contribution in [2.24, 2.45) is 5.73 Å². The molecule has 2 unspecified atom stereocenters. The molecule has 0 saturated heterocycles. The molecule has 0 heterocycles. The van der Waals surface area contributed by atoms with Crippen molar-refractivity contribution < 1.29 is 4.39 Å². The predicted molar refractivity (Wildman–Crippen MR) is 60.3 cm³/mol. The van der Waals surface area contributed by atoms with Crippen LogP contribution >= 0.6 is 0 Å². The third kappa shape index (κ3) is 2.20. The highest BCUT2D eigenvalue weighted by Gasteiger charge is 2.24. The zero-order valence-electron chi connectivity index (χ0n) is 9.17. The molecule has 0 aromatic heterocycles. The molecule has 1 saturated carbocycles. The van der Waals surface area contributed by atoms with Gasteiger partial charge in [0.1, 0.15) is 5.82 Å². The number of halogens is 1. The SMILES string of the molecule is Cc1ccc(F)cc1C1CCCCC1N. The van der Waals surface area contributed by atoms with Crippen LogP contribution in [0.15, 0.2) is 18.2 Å². The van der Waals surface area contributed by atoms with Crippen molar-refractivity contribution in [2.45, 2.75) is 44.6 Å². The number of benzene rings is 1. The fraction of sp³-hybridized carbons (Fsp3) is 0.538. The lowest BCUT2D eigenvalue weighted by molar-refractivity contribution is 0.383. The van der Waals surface area contributed by atoms with Gasteiger partial charge >= 0.3 is 0 Å². The third-order valence-electron chi connectivity index (χ3n) is 3.46. The summed E-state index contributed by atoms with van der Waals surface area (Å²) in [5.74, 6) is 0.211. The molecule has 15 heavy (non-hydrogen) atoms. The zero-order valence-corrected chi connectivity index (χ0v) is 9.17. The molecule has 1 aliphatic rings. The van der Waals surface area contributed by atoms with Crippen LogP contribution in [-0.4, -0.2) is 6.04 Å². The van der Waals surface area contributed by atoms with Crippen molar-refractivity contribution in [1.29, 1.82) is 0 Å². The molecule has 1 fully saturated rings. The quantitative estimate of drug-likeness (QED) is 0.752. The van der Waals surface area contributed by atoms with E-state index in [0.29, 0.717) is 5.92 Å². The van der Waals surface area contributed by atoms with Gasteiger partial charge in [-0.15, -0.1) is 0 Å². The van der Waals surface area contributed by atoms with E-state index in [1.165, 1.54) is 24.5 Å². The number of aryl methyl sites for hydroxylation is 1. The summed E-state index contributed by atoms with van der Waals surface area (Å²) < 4.78 is 13.2. The molecular weight excluding hydrogens is 189 g/mol. The maximum Gasteiger partial charge on any atom is 0.123 e. The second kappa shape index (κ2) is 4.31. The first kappa shape index (κ1) is 10.6. The van der Waals surface area contributed by atoms with Crippen molar-refractivity contribution >= 4 is 0 Å². The number of nitrogens with two attached hydrogens (primary N) is 1. The van der Waals surface area contributed by atoms with Gasteiger partial charge in [-0.25, -0.2) is 4.39 Å². The lowest BCUT2D eigenvalue weighted by Gasteiger charge is -2.30. The minimum absolute atomic E-state index is 0.145. The molecule has 0 aliphatic heterocycles. The van der Waals surface area contributed by atoms with Gasteiger partial charge in [-0.2, -0.15) is 0 Å². The van der Waals surface area contributed by atoms with Crippen LogP contribution in [0.25, 0.3) is 0 Å². The topological polar surface area (TPSA) is 26.0 Å². The summed E-state index contributed by atoms with van der Waals surface area (Å²) in [6.45, 7) is 2.04. The van der Waals surface area contributed by atoms with Crippen LogP contribution in [0.2, 0.25) is 0 Å². The van der Waals surface area contributed by atoms with Crippen molar-refractivity contribution in [2.75, 3.05) is 0 Å². The largest absolute Gasteiger partial charge is 0.327 e. The van der Waals surface area contributed by atoms with Gasteiger partial charge in [0.05, 0.1) is 0 Å². The van der Waals surface area contributed by atoms with Crippen LogP contribution < -0.4 is 5.73 Å². The fourth-order valence-corrected chi connectivity index (χ4v) is 2.56. The Bertz CT molecular complexity index is 348. The Morgan fingerprint density at radius 2 is 2.00 bits per heavy atom. The predicted octanol–water partition coefficient (Wildman–Crippen LogP) is 3.12. The van der Waals surface area contributed by atoms with E-state index in [1.54, 1.807) is 6.07 Å². The summed E-state index contributed by atoms with van der Waals surface area (Å²) in [5.41, 5.74) is 8.39. The van der Waals surface area contributed by atoms with E-state index in [1.807, 2.05) is 13.0 Å². The summed E-state index contributed by atoms with van der Waals surface area (Å²) in [6, 6.07) is 5.24. The van der Waals surface area contributed by atoms with Gasteiger partial charge in [0.15, 0.2) is 0 Å². The molecule has 2 heteroatoms. The first-order valence-electron chi connectivity index (χ1n) is 5.70. The normalized spacial score (nSPS) is 26.6. The molecule has 2 atom stereocenters. The minimum Gasteiger partial charge on any atom is -0.327 e. The number of rotatable bonds is 1. The molecule has 1 aliphatic carbocycles. The fourth-order valence-electron chi connectivity index (χ4n) is 2.56. The van der Waals surface area contributed by atoms with Gasteiger partial charge in [0, 0.05) is 6.04 Å². The van der Waals surface area contributed by atoms with Crippen LogP contribution in [-0.2, 0) is 0 Å². The van der Waals surface area contributed by atoms with Crippen LogP contribution in [0, 0.1) is 12.7 Å². The van der Waals surface area contributed by atoms with E-state index in [0.717, 1.165) is 18.4 Å². The highest BCUT2D eigenvalue weighted by atomic mass is 19.1. The van der Waals surface area contributed by atoms with Crippen LogP contribution in [0.5, 0.6) is 0 Å². The van der Waals surface area contributed by atoms with E-state index in [-0.39, 0.29) is 11.9 Å². The van der Waals surface area contributed by atoms with Crippen molar-refractivity contribution in [3.05, 3.63) is 35.1 Å². The van der Waals surface area contributed by atoms with E-state index >= 15 is 0 Å². The molecule has 0 amide bonds. The molecule has 0 spiro atoms. The molecule has 2 rings (SSSR count). The Kier molecular flexibility index (Phi) is 3.06. The zero-order chi connectivity index (χ0) is 10.8. The summed E-state index contributed by atoms with van der Waals surface area (Å²) in [4.78, 5) is 0. The molecule has 1 aromatic rings. The Morgan fingerprint density at radius 3 is 2.73 bits per heavy atom. The number of hydrogen-bond acceptors (Lipinski definition) is 1. The lowest BCUT2D eigenvalue weighted by Crippen LogP contribution is -2.31. The molecule has 82 valence electrons. The van der Waals surface area contributed by atoms with Crippen molar-refractivity contribution in [3.8, 4) is 0 Å². The Morgan fingerprint density at radius 1 is 1.27 bits per heavy atom. The second-order valence-corrected chi connectivity index (χ2v) is 4.56. The van der Waals surface area contributed by atoms with E-state index in [2.05, 4.69) is 0 Å². The van der Waals surface area contributed by atoms with Crippen LogP contribution in [0.1, 0.15) is 42.7 Å². The van der Waals surface area contributed by atoms with E-state index in [4.69, 9.17) is 5.73 Å². The third-order valence-corrected chi connectivity index (χ3v) is 3.46. The first-order chi connectivity index (χ1) is 7.18. The van der Waals surface area contributed by atoms with Gasteiger partial charge in [-0.3, -0.25) is 0 Å². The Balaban J connectivity index is 2.30. The summed E-state index contributed by atoms with van der Waals surface area (Å²) in [7, 11) is 0. The highest BCUT2D eigenvalue weighted by molar-refractivity contribution is 5.31.